The van der Waals surface area contributed by atoms with Gasteiger partial charge >= 0.3 is 0 Å². The number of carbonyl (C=O) groups excluding carboxylic acids is 1. The average molecular weight is 378 g/mol. The molecule has 0 radical (unpaired) electrons. The lowest BCUT2D eigenvalue weighted by Gasteiger charge is -2.36. The zero-order valence-electron chi connectivity index (χ0n) is 14.9. The Morgan fingerprint density at radius 1 is 1.19 bits per heavy atom. The second kappa shape index (κ2) is 7.33. The maximum Gasteiger partial charge on any atom is 0.277 e. The van der Waals surface area contributed by atoms with Crippen molar-refractivity contribution in [3.63, 3.8) is 0 Å². The van der Waals surface area contributed by atoms with Crippen LogP contribution >= 0.6 is 0 Å². The van der Waals surface area contributed by atoms with E-state index < -0.39 is 37.2 Å². The van der Waals surface area contributed by atoms with Gasteiger partial charge in [0.05, 0.1) is 24.5 Å². The number of anilines is 1. The first-order chi connectivity index (χ1) is 12.7. The molecule has 0 aliphatic carbocycles. The first kappa shape index (κ1) is 19.4. The summed E-state index contributed by atoms with van der Waals surface area (Å²) in [7, 11) is 0. The van der Waals surface area contributed by atoms with Gasteiger partial charge in [-0.3, -0.25) is 4.79 Å². The Morgan fingerprint density at radius 2 is 1.85 bits per heavy atom. The molecule has 10 nitrogen and oxygen atoms in total. The summed E-state index contributed by atoms with van der Waals surface area (Å²) in [5.41, 5.74) is 2.87. The van der Waals surface area contributed by atoms with Gasteiger partial charge in [-0.25, -0.2) is 9.98 Å². The highest BCUT2D eigenvalue weighted by Gasteiger charge is 2.37. The SMILES string of the molecule is Cc1cc2c(cc1C)N(C[C@H](O)[C@H](O)[C@H](O)CO)C1=NC(O)NC(=O)C1=N2. The second-order valence-electron chi connectivity index (χ2n) is 6.60. The van der Waals surface area contributed by atoms with Gasteiger partial charge in [0.2, 0.25) is 6.35 Å². The van der Waals surface area contributed by atoms with Crippen molar-refractivity contribution < 1.29 is 30.3 Å². The van der Waals surface area contributed by atoms with Crippen molar-refractivity contribution >= 4 is 28.8 Å². The number of hydrogen-bond donors (Lipinski definition) is 6. The predicted molar refractivity (Wildman–Crippen MR) is 97.0 cm³/mol. The number of aliphatic hydroxyl groups excluding tert-OH is 5. The standard InChI is InChI=1S/C17H22N4O6/c1-7-3-9-10(4-8(7)2)21(5-11(23)14(25)12(24)6-22)15-13(18-9)16(26)20-17(27)19-15/h3-4,11-12,14,17,22-25,27H,5-6H2,1-2H3,(H,20,26)/t11-,12+,14-,17?/m0/s1. The molecular weight excluding hydrogens is 356 g/mol. The van der Waals surface area contributed by atoms with Crippen molar-refractivity contribution in [1.82, 2.24) is 5.32 Å². The Bertz CT molecular complexity index is 824. The van der Waals surface area contributed by atoms with Gasteiger partial charge in [-0.05, 0) is 37.1 Å². The number of aryl methyl sites for hydroxylation is 2. The van der Waals surface area contributed by atoms with Crippen molar-refractivity contribution in [2.75, 3.05) is 18.1 Å². The molecule has 1 unspecified atom stereocenters. The maximum atomic E-state index is 12.2. The Hall–Kier alpha value is -2.37. The number of amidine groups is 1. The number of β-amino-alcohol motifs (C(OH)–C–C–N with tert-alkyl or cyclic N) is 1. The molecule has 146 valence electrons. The van der Waals surface area contributed by atoms with E-state index in [2.05, 4.69) is 15.3 Å². The molecule has 1 aromatic carbocycles. The van der Waals surface area contributed by atoms with E-state index in [1.54, 1.807) is 12.1 Å². The van der Waals surface area contributed by atoms with E-state index in [-0.39, 0.29) is 18.1 Å². The first-order valence-corrected chi connectivity index (χ1v) is 8.42. The molecule has 2 heterocycles. The van der Waals surface area contributed by atoms with Crippen LogP contribution in [0.4, 0.5) is 11.4 Å². The minimum Gasteiger partial charge on any atom is -0.394 e. The minimum atomic E-state index is -1.62. The maximum absolute atomic E-state index is 12.2. The number of fused-ring (bicyclic) bond motifs is 2. The zero-order chi connectivity index (χ0) is 19.9. The van der Waals surface area contributed by atoms with Crippen LogP contribution in [0.15, 0.2) is 22.1 Å². The van der Waals surface area contributed by atoms with Crippen LogP contribution in [0, 0.1) is 13.8 Å². The molecule has 3 rings (SSSR count). The number of aliphatic imine (C=N–C) groups is 2. The Morgan fingerprint density at radius 3 is 2.52 bits per heavy atom. The molecule has 4 atom stereocenters. The molecule has 0 spiro atoms. The van der Waals surface area contributed by atoms with Crippen LogP contribution in [0.3, 0.4) is 0 Å². The van der Waals surface area contributed by atoms with E-state index in [0.717, 1.165) is 11.1 Å². The fraction of sp³-hybridized carbons (Fsp3) is 0.471. The summed E-state index contributed by atoms with van der Waals surface area (Å²) in [6.07, 6.45) is -6.08. The average Bonchev–Trinajstić information content (AvgIpc) is 2.62. The van der Waals surface area contributed by atoms with Gasteiger partial charge < -0.3 is 35.7 Å². The molecule has 27 heavy (non-hydrogen) atoms. The van der Waals surface area contributed by atoms with Gasteiger partial charge in [0, 0.05) is 0 Å². The van der Waals surface area contributed by atoms with Gasteiger partial charge in [0.15, 0.2) is 11.5 Å². The van der Waals surface area contributed by atoms with Gasteiger partial charge in [-0.1, -0.05) is 0 Å². The summed E-state index contributed by atoms with van der Waals surface area (Å²) in [5.74, 6) is -0.571. The van der Waals surface area contributed by atoms with Crippen LogP contribution < -0.4 is 10.2 Å². The van der Waals surface area contributed by atoms with Gasteiger partial charge in [0.1, 0.15) is 18.3 Å². The quantitative estimate of drug-likeness (QED) is 0.348. The summed E-state index contributed by atoms with van der Waals surface area (Å²) >= 11 is 0. The van der Waals surface area contributed by atoms with Gasteiger partial charge in [0.25, 0.3) is 5.91 Å². The van der Waals surface area contributed by atoms with Gasteiger partial charge in [-0.15, -0.1) is 0 Å². The molecule has 0 saturated carbocycles. The summed E-state index contributed by atoms with van der Waals surface area (Å²) in [5, 5.41) is 50.9. The monoisotopic (exact) mass is 378 g/mol. The molecule has 1 aromatic rings. The number of aliphatic hydroxyl groups is 5. The topological polar surface area (TPSA) is 158 Å². The van der Waals surface area contributed by atoms with E-state index in [1.165, 1.54) is 4.90 Å². The largest absolute Gasteiger partial charge is 0.394 e. The fourth-order valence-electron chi connectivity index (χ4n) is 2.97. The summed E-state index contributed by atoms with van der Waals surface area (Å²) in [6.45, 7) is 2.82. The zero-order valence-corrected chi connectivity index (χ0v) is 14.9. The summed E-state index contributed by atoms with van der Waals surface area (Å²) < 4.78 is 0. The fourth-order valence-corrected chi connectivity index (χ4v) is 2.97. The van der Waals surface area contributed by atoms with E-state index in [1.807, 2.05) is 13.8 Å². The van der Waals surface area contributed by atoms with Crippen LogP contribution in [-0.2, 0) is 4.79 Å². The lowest BCUT2D eigenvalue weighted by atomic mass is 10.0. The Balaban J connectivity index is 2.06. The number of hydrogen-bond acceptors (Lipinski definition) is 9. The highest BCUT2D eigenvalue weighted by molar-refractivity contribution is 6.70. The van der Waals surface area contributed by atoms with Crippen LogP contribution in [0.1, 0.15) is 11.1 Å². The highest BCUT2D eigenvalue weighted by atomic mass is 16.4. The highest BCUT2D eigenvalue weighted by Crippen LogP contribution is 2.36. The van der Waals surface area contributed by atoms with Crippen molar-refractivity contribution in [3.05, 3.63) is 23.3 Å². The number of nitrogens with zero attached hydrogens (tertiary/aromatic N) is 3. The number of rotatable bonds is 5. The third kappa shape index (κ3) is 3.57. The number of carbonyl (C=O) groups is 1. The summed E-state index contributed by atoms with van der Waals surface area (Å²) in [6, 6.07) is 3.58. The minimum absolute atomic E-state index is 0.0274. The number of benzene rings is 1. The number of amides is 1. The lowest BCUT2D eigenvalue weighted by molar-refractivity contribution is -0.117. The third-order valence-corrected chi connectivity index (χ3v) is 4.65. The lowest BCUT2D eigenvalue weighted by Crippen LogP contribution is -2.56. The molecule has 0 aromatic heterocycles. The summed E-state index contributed by atoms with van der Waals surface area (Å²) in [4.78, 5) is 22.0. The second-order valence-corrected chi connectivity index (χ2v) is 6.60. The van der Waals surface area contributed by atoms with Crippen LogP contribution in [0.5, 0.6) is 0 Å². The molecule has 0 saturated heterocycles. The molecule has 2 aliphatic rings. The molecule has 10 heteroatoms. The third-order valence-electron chi connectivity index (χ3n) is 4.65. The molecule has 2 aliphatic heterocycles. The predicted octanol–water partition coefficient (Wildman–Crippen LogP) is -1.92. The van der Waals surface area contributed by atoms with Crippen LogP contribution in [-0.4, -0.2) is 80.8 Å². The molecule has 0 fully saturated rings. The van der Waals surface area contributed by atoms with Crippen molar-refractivity contribution in [3.8, 4) is 0 Å². The van der Waals surface area contributed by atoms with Crippen LogP contribution in [0.25, 0.3) is 0 Å². The van der Waals surface area contributed by atoms with Crippen molar-refractivity contribution in [2.45, 2.75) is 38.5 Å². The first-order valence-electron chi connectivity index (χ1n) is 8.42. The molecule has 6 N–H and O–H groups in total. The number of nitrogens with one attached hydrogen (secondary N) is 1. The van der Waals surface area contributed by atoms with E-state index >= 15 is 0 Å². The van der Waals surface area contributed by atoms with Crippen LogP contribution in [0.2, 0.25) is 0 Å². The van der Waals surface area contributed by atoms with E-state index in [9.17, 15) is 25.2 Å². The van der Waals surface area contributed by atoms with Crippen molar-refractivity contribution in [1.29, 1.82) is 0 Å². The smallest absolute Gasteiger partial charge is 0.277 e. The molecule has 0 bridgehead atoms. The van der Waals surface area contributed by atoms with E-state index in [0.29, 0.717) is 11.4 Å². The Labute approximate surface area is 155 Å². The Kier molecular flexibility index (Phi) is 5.27. The molecule has 1 amide bonds. The van der Waals surface area contributed by atoms with E-state index in [4.69, 9.17) is 5.11 Å². The van der Waals surface area contributed by atoms with Gasteiger partial charge in [-0.2, -0.15) is 0 Å². The normalized spacial score (nSPS) is 22.1. The van der Waals surface area contributed by atoms with Crippen molar-refractivity contribution in [2.24, 2.45) is 9.98 Å². The molecular formula is C17H22N4O6.